The third-order valence-corrected chi connectivity index (χ3v) is 2.25. The van der Waals surface area contributed by atoms with Crippen molar-refractivity contribution in [2.24, 2.45) is 5.92 Å². The first-order valence-corrected chi connectivity index (χ1v) is 6.32. The van der Waals surface area contributed by atoms with Gasteiger partial charge in [0.15, 0.2) is 0 Å². The van der Waals surface area contributed by atoms with Crippen LogP contribution < -0.4 is 0 Å². The van der Waals surface area contributed by atoms with Gasteiger partial charge < -0.3 is 4.57 Å². The molecule has 88 valence electrons. The van der Waals surface area contributed by atoms with Gasteiger partial charge in [-0.2, -0.15) is 0 Å². The lowest BCUT2D eigenvalue weighted by Crippen LogP contribution is -2.16. The summed E-state index contributed by atoms with van der Waals surface area (Å²) in [5.41, 5.74) is 0. The second kappa shape index (κ2) is 9.75. The Kier molecular flexibility index (Phi) is 9.24. The van der Waals surface area contributed by atoms with Crippen molar-refractivity contribution in [2.75, 3.05) is 0 Å². The number of nitrogens with zero attached hydrogens (tertiary/aromatic N) is 2. The second-order valence-electron chi connectivity index (χ2n) is 3.76. The van der Waals surface area contributed by atoms with Gasteiger partial charge in [-0.3, -0.25) is 0 Å². The van der Waals surface area contributed by atoms with E-state index in [-0.39, 0.29) is 0 Å². The summed E-state index contributed by atoms with van der Waals surface area (Å²) >= 11 is 0. The highest BCUT2D eigenvalue weighted by Crippen LogP contribution is 2.27. The number of aromatic nitrogens is 2. The Morgan fingerprint density at radius 1 is 1.27 bits per heavy atom. The van der Waals surface area contributed by atoms with E-state index < -0.39 is 0 Å². The summed E-state index contributed by atoms with van der Waals surface area (Å²) in [6.07, 6.45) is 11.3. The third-order valence-electron chi connectivity index (χ3n) is 2.25. The van der Waals surface area contributed by atoms with E-state index in [0.717, 1.165) is 5.92 Å². The molecule has 1 aromatic heterocycles. The van der Waals surface area contributed by atoms with E-state index in [4.69, 9.17) is 0 Å². The average molecular weight is 210 g/mol. The normalized spacial score (nSPS) is 14.1. The first-order chi connectivity index (χ1) is 7.36. The molecule has 1 saturated carbocycles. The molecule has 0 atom stereocenters. The summed E-state index contributed by atoms with van der Waals surface area (Å²) in [6, 6.07) is 0. The first-order valence-electron chi connectivity index (χ1n) is 6.32. The highest BCUT2D eigenvalue weighted by molar-refractivity contribution is 4.78. The SMILES string of the molecule is CC.CCC.c1cn(CC2CCC2)cn1. The molecule has 0 bridgehead atoms. The molecule has 0 unspecified atom stereocenters. The van der Waals surface area contributed by atoms with E-state index in [2.05, 4.69) is 23.4 Å². The molecule has 1 aromatic rings. The Morgan fingerprint density at radius 3 is 2.20 bits per heavy atom. The summed E-state index contributed by atoms with van der Waals surface area (Å²) in [4.78, 5) is 4.00. The van der Waals surface area contributed by atoms with Crippen molar-refractivity contribution in [3.63, 3.8) is 0 Å². The van der Waals surface area contributed by atoms with Crippen LogP contribution in [0.2, 0.25) is 0 Å². The van der Waals surface area contributed by atoms with Gasteiger partial charge in [0.2, 0.25) is 0 Å². The molecular weight excluding hydrogens is 184 g/mol. The molecule has 2 rings (SSSR count). The third kappa shape index (κ3) is 6.32. The Balaban J connectivity index is 0.000000342. The molecule has 15 heavy (non-hydrogen) atoms. The van der Waals surface area contributed by atoms with Crippen LogP contribution in [0.1, 0.15) is 53.4 Å². The largest absolute Gasteiger partial charge is 0.337 e. The topological polar surface area (TPSA) is 17.8 Å². The molecule has 0 amide bonds. The van der Waals surface area contributed by atoms with Crippen molar-refractivity contribution < 1.29 is 0 Å². The Bertz CT molecular complexity index is 200. The lowest BCUT2D eigenvalue weighted by Gasteiger charge is -2.25. The predicted molar refractivity (Wildman–Crippen MR) is 66.9 cm³/mol. The van der Waals surface area contributed by atoms with Gasteiger partial charge in [0, 0.05) is 18.9 Å². The second-order valence-corrected chi connectivity index (χ2v) is 3.76. The molecule has 1 aliphatic rings. The van der Waals surface area contributed by atoms with Crippen LogP contribution in [0.3, 0.4) is 0 Å². The summed E-state index contributed by atoms with van der Waals surface area (Å²) < 4.78 is 2.17. The van der Waals surface area contributed by atoms with Gasteiger partial charge in [-0.05, 0) is 18.8 Å². The van der Waals surface area contributed by atoms with Crippen molar-refractivity contribution in [2.45, 2.75) is 59.9 Å². The van der Waals surface area contributed by atoms with Crippen LogP contribution in [-0.4, -0.2) is 9.55 Å². The van der Waals surface area contributed by atoms with Gasteiger partial charge in [0.25, 0.3) is 0 Å². The fraction of sp³-hybridized carbons (Fsp3) is 0.769. The van der Waals surface area contributed by atoms with E-state index in [1.54, 1.807) is 0 Å². The minimum absolute atomic E-state index is 0.939. The fourth-order valence-electron chi connectivity index (χ4n) is 1.37. The summed E-state index contributed by atoms with van der Waals surface area (Å²) in [6.45, 7) is 9.43. The van der Waals surface area contributed by atoms with Gasteiger partial charge in [0.05, 0.1) is 6.33 Å². The fourth-order valence-corrected chi connectivity index (χ4v) is 1.37. The molecule has 2 nitrogen and oxygen atoms in total. The lowest BCUT2D eigenvalue weighted by molar-refractivity contribution is 0.276. The predicted octanol–water partition coefficient (Wildman–Crippen LogP) is 4.13. The Labute approximate surface area is 94.7 Å². The van der Waals surface area contributed by atoms with Gasteiger partial charge in [-0.25, -0.2) is 4.98 Å². The van der Waals surface area contributed by atoms with Crippen LogP contribution in [-0.2, 0) is 6.54 Å². The van der Waals surface area contributed by atoms with Gasteiger partial charge in [-0.1, -0.05) is 40.5 Å². The molecule has 0 spiro atoms. The maximum atomic E-state index is 4.00. The maximum absolute atomic E-state index is 4.00. The molecule has 0 aromatic carbocycles. The van der Waals surface area contributed by atoms with Crippen LogP contribution in [0, 0.1) is 5.92 Å². The van der Waals surface area contributed by atoms with Crippen molar-refractivity contribution in [3.05, 3.63) is 18.7 Å². The van der Waals surface area contributed by atoms with E-state index in [1.165, 1.54) is 32.2 Å². The molecule has 1 aliphatic carbocycles. The van der Waals surface area contributed by atoms with E-state index >= 15 is 0 Å². The van der Waals surface area contributed by atoms with Crippen molar-refractivity contribution in [3.8, 4) is 0 Å². The van der Waals surface area contributed by atoms with Crippen LogP contribution in [0.15, 0.2) is 18.7 Å². The van der Waals surface area contributed by atoms with Crippen LogP contribution in [0.5, 0.6) is 0 Å². The van der Waals surface area contributed by atoms with Crippen molar-refractivity contribution >= 4 is 0 Å². The number of hydrogen-bond donors (Lipinski definition) is 0. The van der Waals surface area contributed by atoms with Gasteiger partial charge in [0.1, 0.15) is 0 Å². The monoisotopic (exact) mass is 210 g/mol. The number of hydrogen-bond acceptors (Lipinski definition) is 1. The molecule has 0 radical (unpaired) electrons. The van der Waals surface area contributed by atoms with Gasteiger partial charge in [-0.15, -0.1) is 0 Å². The molecule has 0 N–H and O–H groups in total. The number of imidazole rings is 1. The molecule has 2 heteroatoms. The zero-order valence-corrected chi connectivity index (χ0v) is 10.7. The molecular formula is C13H26N2. The minimum atomic E-state index is 0.939. The molecule has 1 fully saturated rings. The quantitative estimate of drug-likeness (QED) is 0.717. The zero-order chi connectivity index (χ0) is 11.5. The standard InChI is InChI=1S/C8H12N2.C3H8.C2H6/c1-2-8(3-1)6-10-5-4-9-7-10;1-3-2;1-2/h4-5,7-8H,1-3,6H2;3H2,1-2H3;1-2H3. The van der Waals surface area contributed by atoms with E-state index in [1.807, 2.05) is 32.6 Å². The first kappa shape index (κ1) is 14.2. The smallest absolute Gasteiger partial charge is 0.0945 e. The average Bonchev–Trinajstić information content (AvgIpc) is 2.68. The molecule has 0 saturated heterocycles. The van der Waals surface area contributed by atoms with Crippen molar-refractivity contribution in [1.29, 1.82) is 0 Å². The highest BCUT2D eigenvalue weighted by Gasteiger charge is 2.16. The molecule has 1 heterocycles. The Morgan fingerprint density at radius 2 is 1.87 bits per heavy atom. The van der Waals surface area contributed by atoms with Crippen LogP contribution in [0.4, 0.5) is 0 Å². The summed E-state index contributed by atoms with van der Waals surface area (Å²) in [5, 5.41) is 0. The minimum Gasteiger partial charge on any atom is -0.337 e. The Hall–Kier alpha value is -0.790. The van der Waals surface area contributed by atoms with Crippen LogP contribution >= 0.6 is 0 Å². The zero-order valence-electron chi connectivity index (χ0n) is 10.7. The van der Waals surface area contributed by atoms with E-state index in [9.17, 15) is 0 Å². The maximum Gasteiger partial charge on any atom is 0.0945 e. The lowest BCUT2D eigenvalue weighted by atomic mass is 9.85. The summed E-state index contributed by atoms with van der Waals surface area (Å²) in [7, 11) is 0. The highest BCUT2D eigenvalue weighted by atomic mass is 15.0. The van der Waals surface area contributed by atoms with E-state index in [0.29, 0.717) is 0 Å². The summed E-state index contributed by atoms with van der Waals surface area (Å²) in [5.74, 6) is 0.939. The van der Waals surface area contributed by atoms with Crippen molar-refractivity contribution in [1.82, 2.24) is 9.55 Å². The number of rotatable bonds is 2. The van der Waals surface area contributed by atoms with Crippen LogP contribution in [0.25, 0.3) is 0 Å². The molecule has 0 aliphatic heterocycles. The van der Waals surface area contributed by atoms with Gasteiger partial charge >= 0.3 is 0 Å².